The van der Waals surface area contributed by atoms with E-state index < -0.39 is 0 Å². The van der Waals surface area contributed by atoms with Crippen LogP contribution >= 0.6 is 11.6 Å². The van der Waals surface area contributed by atoms with Crippen molar-refractivity contribution in [3.63, 3.8) is 0 Å². The minimum atomic E-state index is 0.0238. The molecule has 3 fully saturated rings. The van der Waals surface area contributed by atoms with E-state index in [1.807, 2.05) is 4.90 Å². The highest BCUT2D eigenvalue weighted by atomic mass is 35.5. The molecule has 0 bridgehead atoms. The van der Waals surface area contributed by atoms with Crippen molar-refractivity contribution >= 4 is 29.2 Å². The van der Waals surface area contributed by atoms with Gasteiger partial charge in [0.2, 0.25) is 5.91 Å². The van der Waals surface area contributed by atoms with Crippen molar-refractivity contribution < 1.29 is 9.59 Å². The number of nitrogens with zero attached hydrogens (tertiary/aromatic N) is 4. The van der Waals surface area contributed by atoms with Gasteiger partial charge in [0.05, 0.1) is 10.6 Å². The second-order valence-corrected chi connectivity index (χ2v) is 9.58. The van der Waals surface area contributed by atoms with Gasteiger partial charge in [-0.05, 0) is 56.9 Å². The number of pyridine rings is 1. The molecule has 3 saturated heterocycles. The second-order valence-electron chi connectivity index (χ2n) is 9.18. The Bertz CT molecular complexity index is 772. The Morgan fingerprint density at radius 3 is 2.33 bits per heavy atom. The Kier molecular flexibility index (Phi) is 6.81. The first kappa shape index (κ1) is 21.4. The van der Waals surface area contributed by atoms with Gasteiger partial charge in [0, 0.05) is 51.4 Å². The van der Waals surface area contributed by atoms with Gasteiger partial charge in [0.15, 0.2) is 0 Å². The molecule has 0 aliphatic carbocycles. The fourth-order valence-electron chi connectivity index (χ4n) is 5.05. The number of aromatic nitrogens is 1. The van der Waals surface area contributed by atoms with Gasteiger partial charge in [-0.3, -0.25) is 9.59 Å². The number of hydrogen-bond donors (Lipinski definition) is 0. The Morgan fingerprint density at radius 1 is 0.967 bits per heavy atom. The Balaban J connectivity index is 1.35. The lowest BCUT2D eigenvalue weighted by molar-refractivity contribution is -0.137. The molecule has 0 radical (unpaired) electrons. The molecule has 4 heterocycles. The summed E-state index contributed by atoms with van der Waals surface area (Å²) in [4.78, 5) is 36.3. The van der Waals surface area contributed by atoms with Gasteiger partial charge in [-0.2, -0.15) is 0 Å². The van der Waals surface area contributed by atoms with Gasteiger partial charge in [-0.1, -0.05) is 18.5 Å². The molecule has 0 aromatic carbocycles. The summed E-state index contributed by atoms with van der Waals surface area (Å²) in [7, 11) is 0. The highest BCUT2D eigenvalue weighted by Crippen LogP contribution is 2.30. The van der Waals surface area contributed by atoms with Crippen molar-refractivity contribution in [3.8, 4) is 0 Å². The zero-order valence-corrected chi connectivity index (χ0v) is 18.7. The smallest absolute Gasteiger partial charge is 0.255 e. The largest absolute Gasteiger partial charge is 0.355 e. The molecule has 7 heteroatoms. The summed E-state index contributed by atoms with van der Waals surface area (Å²) in [5.41, 5.74) is 0.565. The molecule has 0 spiro atoms. The number of halogens is 1. The zero-order valence-electron chi connectivity index (χ0n) is 18.0. The van der Waals surface area contributed by atoms with Gasteiger partial charge in [-0.15, -0.1) is 0 Å². The third-order valence-corrected chi connectivity index (χ3v) is 7.10. The molecule has 1 atom stereocenters. The van der Waals surface area contributed by atoms with Crippen molar-refractivity contribution in [2.45, 2.75) is 51.9 Å². The van der Waals surface area contributed by atoms with E-state index in [0.29, 0.717) is 22.4 Å². The lowest BCUT2D eigenvalue weighted by Gasteiger charge is -2.37. The van der Waals surface area contributed by atoms with Crippen molar-refractivity contribution in [2.24, 2.45) is 11.8 Å². The molecule has 164 valence electrons. The van der Waals surface area contributed by atoms with Crippen LogP contribution in [0.15, 0.2) is 12.3 Å². The van der Waals surface area contributed by atoms with E-state index in [4.69, 9.17) is 11.6 Å². The van der Waals surface area contributed by atoms with Crippen LogP contribution in [0.5, 0.6) is 0 Å². The van der Waals surface area contributed by atoms with E-state index in [-0.39, 0.29) is 11.8 Å². The van der Waals surface area contributed by atoms with E-state index in [1.165, 1.54) is 12.8 Å². The fraction of sp³-hybridized carbons (Fsp3) is 0.696. The van der Waals surface area contributed by atoms with Crippen molar-refractivity contribution in [2.75, 3.05) is 44.2 Å². The SMILES string of the molecule is CC1CCCN(C(=O)C2CCN(c3ncc(C(=O)N4CCCCC4)cc3Cl)CC2)C1. The molecule has 0 saturated carbocycles. The quantitative estimate of drug-likeness (QED) is 0.728. The minimum absolute atomic E-state index is 0.0238. The molecule has 1 unspecified atom stereocenters. The van der Waals surface area contributed by atoms with Crippen LogP contribution < -0.4 is 4.90 Å². The normalized spacial score (nSPS) is 23.5. The van der Waals surface area contributed by atoms with E-state index in [2.05, 4.69) is 21.7 Å². The van der Waals surface area contributed by atoms with Crippen LogP contribution in [0.4, 0.5) is 5.82 Å². The monoisotopic (exact) mass is 432 g/mol. The average Bonchev–Trinajstić information content (AvgIpc) is 2.79. The minimum Gasteiger partial charge on any atom is -0.355 e. The summed E-state index contributed by atoms with van der Waals surface area (Å²) in [5, 5.41) is 0.521. The Labute approximate surface area is 184 Å². The number of anilines is 1. The first-order chi connectivity index (χ1) is 14.5. The summed E-state index contributed by atoms with van der Waals surface area (Å²) in [6, 6.07) is 1.76. The van der Waals surface area contributed by atoms with E-state index in [1.54, 1.807) is 12.3 Å². The predicted octanol–water partition coefficient (Wildman–Crippen LogP) is 3.84. The van der Waals surface area contributed by atoms with Crippen molar-refractivity contribution in [3.05, 3.63) is 22.8 Å². The zero-order chi connectivity index (χ0) is 21.1. The highest BCUT2D eigenvalue weighted by molar-refractivity contribution is 6.33. The summed E-state index contributed by atoms with van der Waals surface area (Å²) in [5.74, 6) is 1.78. The number of hydrogen-bond acceptors (Lipinski definition) is 4. The molecule has 3 aliphatic rings. The van der Waals surface area contributed by atoms with Crippen LogP contribution in [0.1, 0.15) is 62.2 Å². The molecular weight excluding hydrogens is 400 g/mol. The van der Waals surface area contributed by atoms with E-state index >= 15 is 0 Å². The molecule has 0 N–H and O–H groups in total. The number of piperidine rings is 3. The number of likely N-dealkylation sites (tertiary alicyclic amines) is 2. The molecule has 30 heavy (non-hydrogen) atoms. The number of carbonyl (C=O) groups is 2. The molecule has 1 aromatic heterocycles. The summed E-state index contributed by atoms with van der Waals surface area (Å²) < 4.78 is 0. The maximum absolute atomic E-state index is 12.9. The van der Waals surface area contributed by atoms with Crippen LogP contribution in [-0.2, 0) is 4.79 Å². The van der Waals surface area contributed by atoms with Crippen LogP contribution in [-0.4, -0.2) is 65.9 Å². The van der Waals surface area contributed by atoms with E-state index in [9.17, 15) is 9.59 Å². The first-order valence-corrected chi connectivity index (χ1v) is 11.9. The second kappa shape index (κ2) is 9.54. The summed E-state index contributed by atoms with van der Waals surface area (Å²) >= 11 is 6.53. The molecule has 4 rings (SSSR count). The molecular formula is C23H33ClN4O2. The maximum atomic E-state index is 12.9. The maximum Gasteiger partial charge on any atom is 0.255 e. The van der Waals surface area contributed by atoms with Crippen LogP contribution in [0.25, 0.3) is 0 Å². The molecule has 6 nitrogen and oxygen atoms in total. The third kappa shape index (κ3) is 4.74. The van der Waals surface area contributed by atoms with Gasteiger partial charge in [0.25, 0.3) is 5.91 Å². The number of rotatable bonds is 3. The van der Waals surface area contributed by atoms with Gasteiger partial charge < -0.3 is 14.7 Å². The predicted molar refractivity (Wildman–Crippen MR) is 119 cm³/mol. The lowest BCUT2D eigenvalue weighted by atomic mass is 9.92. The third-order valence-electron chi connectivity index (χ3n) is 6.82. The fourth-order valence-corrected chi connectivity index (χ4v) is 5.33. The van der Waals surface area contributed by atoms with E-state index in [0.717, 1.165) is 77.2 Å². The Morgan fingerprint density at radius 2 is 1.67 bits per heavy atom. The summed E-state index contributed by atoms with van der Waals surface area (Å²) in [6.07, 6.45) is 8.98. The molecule has 3 aliphatic heterocycles. The van der Waals surface area contributed by atoms with Crippen molar-refractivity contribution in [1.82, 2.24) is 14.8 Å². The standard InChI is InChI=1S/C23H33ClN4O2/c1-17-6-5-11-28(16-17)22(29)18-7-12-26(13-8-18)21-20(24)14-19(15-25-21)23(30)27-9-3-2-4-10-27/h14-15,17-18H,2-13,16H2,1H3. The molecule has 2 amide bonds. The van der Waals surface area contributed by atoms with Crippen LogP contribution in [0, 0.1) is 11.8 Å². The average molecular weight is 433 g/mol. The van der Waals surface area contributed by atoms with Gasteiger partial charge in [0.1, 0.15) is 5.82 Å². The van der Waals surface area contributed by atoms with Crippen LogP contribution in [0.2, 0.25) is 5.02 Å². The van der Waals surface area contributed by atoms with Crippen LogP contribution in [0.3, 0.4) is 0 Å². The van der Waals surface area contributed by atoms with Crippen molar-refractivity contribution in [1.29, 1.82) is 0 Å². The lowest BCUT2D eigenvalue weighted by Crippen LogP contribution is -2.46. The highest BCUT2D eigenvalue weighted by Gasteiger charge is 2.31. The number of amides is 2. The summed E-state index contributed by atoms with van der Waals surface area (Å²) in [6.45, 7) is 7.21. The Hall–Kier alpha value is -1.82. The molecule has 1 aromatic rings. The number of carbonyl (C=O) groups excluding carboxylic acids is 2. The first-order valence-electron chi connectivity index (χ1n) is 11.5. The topological polar surface area (TPSA) is 56.8 Å². The van der Waals surface area contributed by atoms with Gasteiger partial charge in [-0.25, -0.2) is 4.98 Å². The van der Waals surface area contributed by atoms with Gasteiger partial charge >= 0.3 is 0 Å².